The fraction of sp³-hybridized carbons (Fsp3) is 0.182. The van der Waals surface area contributed by atoms with Gasteiger partial charge < -0.3 is 0 Å². The third kappa shape index (κ3) is 3.04. The monoisotopic (exact) mass is 377 g/mol. The molecule has 0 aliphatic carbocycles. The molecule has 0 amide bonds. The van der Waals surface area contributed by atoms with Crippen LogP contribution < -0.4 is 0 Å². The maximum atomic E-state index is 3.70. The zero-order valence-electron chi connectivity index (χ0n) is 13.5. The van der Waals surface area contributed by atoms with Gasteiger partial charge in [0.2, 0.25) is 0 Å². The van der Waals surface area contributed by atoms with Gasteiger partial charge in [0.05, 0.1) is 6.04 Å². The van der Waals surface area contributed by atoms with Gasteiger partial charge in [0.15, 0.2) is 0 Å². The Morgan fingerprint density at radius 2 is 1.21 bits per heavy atom. The molecule has 0 atom stereocenters. The molecule has 0 N–H and O–H groups in total. The molecule has 0 bridgehead atoms. The summed E-state index contributed by atoms with van der Waals surface area (Å²) in [4.78, 5) is 2.58. The molecule has 0 spiro atoms. The predicted molar refractivity (Wildman–Crippen MR) is 103 cm³/mol. The van der Waals surface area contributed by atoms with E-state index >= 15 is 0 Å². The Balaban J connectivity index is 1.59. The van der Waals surface area contributed by atoms with E-state index in [1.54, 1.807) is 0 Å². The van der Waals surface area contributed by atoms with E-state index in [-0.39, 0.29) is 0 Å². The lowest BCUT2D eigenvalue weighted by Gasteiger charge is -2.45. The third-order valence-electron chi connectivity index (χ3n) is 4.85. The Labute approximate surface area is 152 Å². The maximum Gasteiger partial charge on any atom is 0.0602 e. The summed E-state index contributed by atoms with van der Waals surface area (Å²) in [7, 11) is 0. The fourth-order valence-electron chi connectivity index (χ4n) is 3.61. The van der Waals surface area contributed by atoms with E-state index in [2.05, 4.69) is 106 Å². The van der Waals surface area contributed by atoms with Gasteiger partial charge in [-0.1, -0.05) is 94.8 Å². The number of halogens is 1. The standard InChI is InChI=1S/C22H20BrN/c23-21-14-8-7-13-20(21)19-15-24(16-19)22(17-9-3-1-4-10-17)18-11-5-2-6-12-18/h1-14,19,22H,15-16H2. The summed E-state index contributed by atoms with van der Waals surface area (Å²) in [6.07, 6.45) is 0. The van der Waals surface area contributed by atoms with E-state index in [0.717, 1.165) is 13.1 Å². The highest BCUT2D eigenvalue weighted by Crippen LogP contribution is 2.39. The highest BCUT2D eigenvalue weighted by Gasteiger charge is 2.35. The van der Waals surface area contributed by atoms with Crippen molar-refractivity contribution < 1.29 is 0 Å². The largest absolute Gasteiger partial charge is 0.291 e. The fourth-order valence-corrected chi connectivity index (χ4v) is 4.22. The Morgan fingerprint density at radius 1 is 0.708 bits per heavy atom. The van der Waals surface area contributed by atoms with Crippen molar-refractivity contribution in [2.24, 2.45) is 0 Å². The topological polar surface area (TPSA) is 3.24 Å². The first kappa shape index (κ1) is 15.6. The summed E-state index contributed by atoms with van der Waals surface area (Å²) >= 11 is 3.70. The minimum Gasteiger partial charge on any atom is -0.291 e. The summed E-state index contributed by atoms with van der Waals surface area (Å²) in [5.74, 6) is 0.607. The van der Waals surface area contributed by atoms with Crippen LogP contribution in [0, 0.1) is 0 Å². The highest BCUT2D eigenvalue weighted by atomic mass is 79.9. The molecule has 0 aromatic heterocycles. The normalized spacial score (nSPS) is 15.4. The second kappa shape index (κ2) is 6.92. The number of rotatable bonds is 4. The number of nitrogens with zero attached hydrogens (tertiary/aromatic N) is 1. The quantitative estimate of drug-likeness (QED) is 0.568. The lowest BCUT2D eigenvalue weighted by atomic mass is 9.86. The van der Waals surface area contributed by atoms with Gasteiger partial charge in [0.1, 0.15) is 0 Å². The molecule has 0 unspecified atom stereocenters. The van der Waals surface area contributed by atoms with Crippen molar-refractivity contribution in [1.82, 2.24) is 4.90 Å². The minimum atomic E-state index is 0.339. The Hall–Kier alpha value is -1.90. The van der Waals surface area contributed by atoms with E-state index in [0.29, 0.717) is 12.0 Å². The van der Waals surface area contributed by atoms with Gasteiger partial charge >= 0.3 is 0 Å². The first-order valence-corrected chi connectivity index (χ1v) is 9.20. The molecule has 1 fully saturated rings. The molecule has 0 radical (unpaired) electrons. The van der Waals surface area contributed by atoms with Crippen LogP contribution in [0.25, 0.3) is 0 Å². The van der Waals surface area contributed by atoms with Gasteiger partial charge in [-0.3, -0.25) is 4.90 Å². The van der Waals surface area contributed by atoms with E-state index in [9.17, 15) is 0 Å². The van der Waals surface area contributed by atoms with Crippen LogP contribution in [-0.4, -0.2) is 18.0 Å². The number of benzene rings is 3. The molecule has 3 aromatic carbocycles. The zero-order chi connectivity index (χ0) is 16.4. The number of hydrogen-bond donors (Lipinski definition) is 0. The van der Waals surface area contributed by atoms with Gasteiger partial charge in [-0.05, 0) is 22.8 Å². The van der Waals surface area contributed by atoms with Crippen molar-refractivity contribution in [2.45, 2.75) is 12.0 Å². The van der Waals surface area contributed by atoms with Crippen molar-refractivity contribution in [3.05, 3.63) is 106 Å². The van der Waals surface area contributed by atoms with Crippen LogP contribution in [0.2, 0.25) is 0 Å². The average molecular weight is 378 g/mol. The number of hydrogen-bond acceptors (Lipinski definition) is 1. The molecule has 1 heterocycles. The molecule has 4 rings (SSSR count). The first-order valence-electron chi connectivity index (χ1n) is 8.41. The van der Waals surface area contributed by atoms with Crippen LogP contribution in [0.4, 0.5) is 0 Å². The maximum absolute atomic E-state index is 3.70. The van der Waals surface area contributed by atoms with Gasteiger partial charge in [0.25, 0.3) is 0 Å². The highest BCUT2D eigenvalue weighted by molar-refractivity contribution is 9.10. The Kier molecular flexibility index (Phi) is 4.50. The molecule has 1 aliphatic heterocycles. The summed E-state index contributed by atoms with van der Waals surface area (Å²) < 4.78 is 1.23. The summed E-state index contributed by atoms with van der Waals surface area (Å²) in [6, 6.07) is 30.6. The molecule has 0 saturated carbocycles. The second-order valence-corrected chi connectivity index (χ2v) is 7.25. The molecule has 120 valence electrons. The van der Waals surface area contributed by atoms with Gasteiger partial charge in [-0.25, -0.2) is 0 Å². The number of likely N-dealkylation sites (tertiary alicyclic amines) is 1. The lowest BCUT2D eigenvalue weighted by molar-refractivity contribution is 0.111. The predicted octanol–water partition coefficient (Wildman–Crippen LogP) is 5.64. The van der Waals surface area contributed by atoms with E-state index in [1.165, 1.54) is 21.2 Å². The van der Waals surface area contributed by atoms with E-state index < -0.39 is 0 Å². The SMILES string of the molecule is Brc1ccccc1C1CN(C(c2ccccc2)c2ccccc2)C1. The molecule has 24 heavy (non-hydrogen) atoms. The van der Waals surface area contributed by atoms with Crippen LogP contribution in [0.3, 0.4) is 0 Å². The van der Waals surface area contributed by atoms with E-state index in [1.807, 2.05) is 0 Å². The lowest BCUT2D eigenvalue weighted by Crippen LogP contribution is -2.47. The van der Waals surface area contributed by atoms with Gasteiger partial charge in [-0.15, -0.1) is 0 Å². The van der Waals surface area contributed by atoms with Crippen LogP contribution in [0.1, 0.15) is 28.7 Å². The minimum absolute atomic E-state index is 0.339. The molecule has 3 aromatic rings. The van der Waals surface area contributed by atoms with Crippen molar-refractivity contribution in [3.63, 3.8) is 0 Å². The molecule has 2 heteroatoms. The van der Waals surface area contributed by atoms with Gasteiger partial charge in [0, 0.05) is 23.5 Å². The van der Waals surface area contributed by atoms with Crippen molar-refractivity contribution in [2.75, 3.05) is 13.1 Å². The average Bonchev–Trinajstić information content (AvgIpc) is 2.60. The van der Waals surface area contributed by atoms with Crippen molar-refractivity contribution >= 4 is 15.9 Å². The molecule has 1 saturated heterocycles. The Bertz CT molecular complexity index is 755. The summed E-state index contributed by atoms with van der Waals surface area (Å²) in [5.41, 5.74) is 4.16. The molecular weight excluding hydrogens is 358 g/mol. The summed E-state index contributed by atoms with van der Waals surface area (Å²) in [5, 5.41) is 0. The third-order valence-corrected chi connectivity index (χ3v) is 5.57. The van der Waals surface area contributed by atoms with Crippen LogP contribution in [0.5, 0.6) is 0 Å². The van der Waals surface area contributed by atoms with E-state index in [4.69, 9.17) is 0 Å². The summed E-state index contributed by atoms with van der Waals surface area (Å²) in [6.45, 7) is 2.19. The molecule has 1 nitrogen and oxygen atoms in total. The van der Waals surface area contributed by atoms with Gasteiger partial charge in [-0.2, -0.15) is 0 Å². The van der Waals surface area contributed by atoms with Crippen LogP contribution in [-0.2, 0) is 0 Å². The second-order valence-electron chi connectivity index (χ2n) is 6.40. The molecular formula is C22H20BrN. The van der Waals surface area contributed by atoms with Crippen molar-refractivity contribution in [1.29, 1.82) is 0 Å². The smallest absolute Gasteiger partial charge is 0.0602 e. The van der Waals surface area contributed by atoms with Crippen LogP contribution in [0.15, 0.2) is 89.4 Å². The first-order chi connectivity index (χ1) is 11.8. The van der Waals surface area contributed by atoms with Crippen LogP contribution >= 0.6 is 15.9 Å². The zero-order valence-corrected chi connectivity index (χ0v) is 15.1. The molecule has 1 aliphatic rings. The Morgan fingerprint density at radius 3 is 1.75 bits per heavy atom. The van der Waals surface area contributed by atoms with Crippen molar-refractivity contribution in [3.8, 4) is 0 Å².